The first-order chi connectivity index (χ1) is 11.4. The molecule has 3 N–H and O–H groups in total. The molecule has 0 aliphatic rings. The number of nitrogens with zero attached hydrogens (tertiary/aromatic N) is 3. The maximum absolute atomic E-state index is 11.9. The number of carbonyl (C=O) groups is 1. The maximum Gasteiger partial charge on any atom is 0.271 e. The van der Waals surface area contributed by atoms with Crippen molar-refractivity contribution in [3.05, 3.63) is 63.0 Å². The minimum atomic E-state index is -0.647. The lowest BCUT2D eigenvalue weighted by Crippen LogP contribution is -2.17. The third-order valence-corrected chi connectivity index (χ3v) is 3.21. The van der Waals surface area contributed by atoms with Crippen molar-refractivity contribution in [3.63, 3.8) is 0 Å². The fourth-order valence-electron chi connectivity index (χ4n) is 1.90. The molecule has 2 aromatic rings. The molecule has 0 aliphatic heterocycles. The number of benzene rings is 1. The van der Waals surface area contributed by atoms with Crippen LogP contribution in [0.2, 0.25) is 0 Å². The van der Waals surface area contributed by atoms with E-state index in [4.69, 9.17) is 0 Å². The predicted molar refractivity (Wildman–Crippen MR) is 92.0 cm³/mol. The van der Waals surface area contributed by atoms with Gasteiger partial charge in [-0.2, -0.15) is 5.10 Å². The number of nitro benzene ring substituents is 1. The molecule has 1 aromatic heterocycles. The lowest BCUT2D eigenvalue weighted by Gasteiger charge is -2.07. The highest BCUT2D eigenvalue weighted by Gasteiger charge is 2.12. The van der Waals surface area contributed by atoms with Crippen LogP contribution in [0.15, 0.2) is 35.6 Å². The van der Waals surface area contributed by atoms with Crippen molar-refractivity contribution in [1.29, 1.82) is 0 Å². The summed E-state index contributed by atoms with van der Waals surface area (Å²) < 4.78 is 0. The number of hydrogen-bond donors (Lipinski definition) is 3. The first-order valence-electron chi connectivity index (χ1n) is 6.80. The van der Waals surface area contributed by atoms with Crippen LogP contribution in [0.4, 0.5) is 5.69 Å². The molecule has 2 rings (SSSR count). The summed E-state index contributed by atoms with van der Waals surface area (Å²) in [5, 5.41) is 33.6. The quantitative estimate of drug-likeness (QED) is 0.418. The van der Waals surface area contributed by atoms with E-state index in [1.807, 2.05) is 0 Å². The normalized spacial score (nSPS) is 10.3. The summed E-state index contributed by atoms with van der Waals surface area (Å²) in [6, 6.07) is 5.19. The van der Waals surface area contributed by atoms with Gasteiger partial charge in [-0.25, -0.2) is 5.43 Å². The monoisotopic (exact) mass is 366 g/mol. The number of carbonyl (C=O) groups excluding carboxylic acids is 1. The zero-order valence-electron chi connectivity index (χ0n) is 13.0. The Balaban J connectivity index is 0.00000312. The number of halogens is 1. The Morgan fingerprint density at radius 3 is 2.84 bits per heavy atom. The van der Waals surface area contributed by atoms with Crippen molar-refractivity contribution in [1.82, 2.24) is 10.4 Å². The summed E-state index contributed by atoms with van der Waals surface area (Å²) >= 11 is 0. The maximum atomic E-state index is 11.9. The Bertz CT molecular complexity index is 826. The van der Waals surface area contributed by atoms with Gasteiger partial charge in [0, 0.05) is 35.0 Å². The number of non-ortho nitro benzene ring substituents is 1. The largest absolute Gasteiger partial charge is 0.505 e. The number of nitrogens with one attached hydrogen (secondary N) is 1. The van der Waals surface area contributed by atoms with Gasteiger partial charge in [0.05, 0.1) is 23.4 Å². The summed E-state index contributed by atoms with van der Waals surface area (Å²) in [6.07, 6.45) is 2.56. The number of aromatic hydroxyl groups is 1. The first kappa shape index (κ1) is 20.0. The molecule has 0 spiro atoms. The zero-order valence-corrected chi connectivity index (χ0v) is 13.9. The van der Waals surface area contributed by atoms with Crippen LogP contribution in [0.5, 0.6) is 5.75 Å². The Morgan fingerprint density at radius 1 is 1.48 bits per heavy atom. The smallest absolute Gasteiger partial charge is 0.271 e. The fraction of sp³-hybridized carbons (Fsp3) is 0.133. The number of rotatable bonds is 5. The van der Waals surface area contributed by atoms with Gasteiger partial charge in [-0.1, -0.05) is 6.07 Å². The molecule has 0 saturated carbocycles. The molecular formula is C15H15ClN4O5. The standard InChI is InChI=1S/C15H14N4O5.ClH/c1-9-14(21)13(11(8-20)6-16-9)7-17-18-15(22)10-3-2-4-12(5-10)19(23)24;/h2-7,20-21H,8H2,1H3,(H,18,22);1H. The molecule has 132 valence electrons. The Kier molecular flexibility index (Phi) is 6.97. The molecule has 0 bridgehead atoms. The summed E-state index contributed by atoms with van der Waals surface area (Å²) in [4.78, 5) is 25.9. The van der Waals surface area contributed by atoms with E-state index >= 15 is 0 Å². The molecule has 0 unspecified atom stereocenters. The molecule has 1 amide bonds. The number of aryl methyl sites for hydroxylation is 1. The molecular weight excluding hydrogens is 352 g/mol. The minimum Gasteiger partial charge on any atom is -0.505 e. The van der Waals surface area contributed by atoms with Gasteiger partial charge in [0.25, 0.3) is 11.6 Å². The van der Waals surface area contributed by atoms with Gasteiger partial charge in [0.2, 0.25) is 0 Å². The highest BCUT2D eigenvalue weighted by Crippen LogP contribution is 2.21. The van der Waals surface area contributed by atoms with Crippen molar-refractivity contribution in [2.24, 2.45) is 5.10 Å². The number of hydrogen-bond acceptors (Lipinski definition) is 7. The highest BCUT2D eigenvalue weighted by molar-refractivity contribution is 5.95. The second-order valence-corrected chi connectivity index (χ2v) is 4.80. The van der Waals surface area contributed by atoms with Crippen LogP contribution in [0, 0.1) is 17.0 Å². The zero-order chi connectivity index (χ0) is 17.7. The molecule has 0 aliphatic carbocycles. The fourth-order valence-corrected chi connectivity index (χ4v) is 1.90. The van der Waals surface area contributed by atoms with E-state index in [9.17, 15) is 25.1 Å². The van der Waals surface area contributed by atoms with E-state index in [0.29, 0.717) is 11.3 Å². The van der Waals surface area contributed by atoms with Crippen molar-refractivity contribution in [3.8, 4) is 5.75 Å². The van der Waals surface area contributed by atoms with Gasteiger partial charge in [-0.15, -0.1) is 12.4 Å². The topological polar surface area (TPSA) is 138 Å². The van der Waals surface area contributed by atoms with E-state index in [-0.39, 0.29) is 41.6 Å². The second-order valence-electron chi connectivity index (χ2n) is 4.80. The van der Waals surface area contributed by atoms with Gasteiger partial charge in [-0.3, -0.25) is 19.9 Å². The Morgan fingerprint density at radius 2 is 2.20 bits per heavy atom. The molecule has 25 heavy (non-hydrogen) atoms. The van der Waals surface area contributed by atoms with Crippen LogP contribution in [0.25, 0.3) is 0 Å². The van der Waals surface area contributed by atoms with Crippen LogP contribution >= 0.6 is 12.4 Å². The number of hydrazone groups is 1. The highest BCUT2D eigenvalue weighted by atomic mass is 35.5. The number of aliphatic hydroxyl groups excluding tert-OH is 1. The van der Waals surface area contributed by atoms with Crippen LogP contribution in [-0.4, -0.2) is 32.2 Å². The van der Waals surface area contributed by atoms with E-state index in [2.05, 4.69) is 15.5 Å². The van der Waals surface area contributed by atoms with Gasteiger partial charge in [-0.05, 0) is 13.0 Å². The number of aliphatic hydroxyl groups is 1. The molecule has 0 atom stereocenters. The number of aromatic nitrogens is 1. The molecule has 10 heteroatoms. The summed E-state index contributed by atoms with van der Waals surface area (Å²) in [5.41, 5.74) is 2.97. The van der Waals surface area contributed by atoms with E-state index in [1.54, 1.807) is 6.92 Å². The molecule has 0 fully saturated rings. The van der Waals surface area contributed by atoms with E-state index in [0.717, 1.165) is 6.07 Å². The first-order valence-corrected chi connectivity index (χ1v) is 6.80. The van der Waals surface area contributed by atoms with Crippen molar-refractivity contribution >= 4 is 30.2 Å². The molecule has 0 saturated heterocycles. The minimum absolute atomic E-state index is 0. The van der Waals surface area contributed by atoms with Crippen LogP contribution in [0.3, 0.4) is 0 Å². The predicted octanol–water partition coefficient (Wildman–Crippen LogP) is 1.68. The van der Waals surface area contributed by atoms with Crippen LogP contribution in [0.1, 0.15) is 27.2 Å². The average molecular weight is 367 g/mol. The number of nitro groups is 1. The van der Waals surface area contributed by atoms with E-state index < -0.39 is 10.8 Å². The van der Waals surface area contributed by atoms with Gasteiger partial charge >= 0.3 is 0 Å². The Hall–Kier alpha value is -3.04. The van der Waals surface area contributed by atoms with Crippen molar-refractivity contribution in [2.45, 2.75) is 13.5 Å². The average Bonchev–Trinajstić information content (AvgIpc) is 2.58. The summed E-state index contributed by atoms with van der Waals surface area (Å²) in [6.45, 7) is 1.22. The summed E-state index contributed by atoms with van der Waals surface area (Å²) in [5.74, 6) is -0.805. The SMILES string of the molecule is Cc1ncc(CO)c(C=NNC(=O)c2cccc([N+](=O)[O-])c2)c1O.Cl. The molecule has 1 aromatic carbocycles. The third kappa shape index (κ3) is 4.72. The second kappa shape index (κ2) is 8.71. The third-order valence-electron chi connectivity index (χ3n) is 3.21. The number of amides is 1. The number of pyridine rings is 1. The van der Waals surface area contributed by atoms with Crippen LogP contribution < -0.4 is 5.43 Å². The Labute approximate surface area is 148 Å². The van der Waals surface area contributed by atoms with Crippen LogP contribution in [-0.2, 0) is 6.61 Å². The van der Waals surface area contributed by atoms with Crippen molar-refractivity contribution in [2.75, 3.05) is 0 Å². The van der Waals surface area contributed by atoms with E-state index in [1.165, 1.54) is 30.6 Å². The lowest BCUT2D eigenvalue weighted by molar-refractivity contribution is -0.384. The van der Waals surface area contributed by atoms with Gasteiger partial charge in [0.15, 0.2) is 0 Å². The molecule has 1 heterocycles. The van der Waals surface area contributed by atoms with Gasteiger partial charge in [0.1, 0.15) is 5.75 Å². The lowest BCUT2D eigenvalue weighted by atomic mass is 10.1. The molecule has 0 radical (unpaired) electrons. The van der Waals surface area contributed by atoms with Gasteiger partial charge < -0.3 is 10.2 Å². The van der Waals surface area contributed by atoms with Crippen molar-refractivity contribution < 1.29 is 19.9 Å². The molecule has 9 nitrogen and oxygen atoms in total. The summed E-state index contributed by atoms with van der Waals surface area (Å²) in [7, 11) is 0.